The van der Waals surface area contributed by atoms with Crippen LogP contribution in [0.25, 0.3) is 0 Å². The van der Waals surface area contributed by atoms with Crippen LogP contribution in [0, 0.1) is 5.92 Å². The molecule has 2 amide bonds. The number of nitrogens with one attached hydrogen (secondary N) is 2. The number of hydrogen-bond donors (Lipinski definition) is 2. The van der Waals surface area contributed by atoms with Crippen LogP contribution >= 0.6 is 0 Å². The van der Waals surface area contributed by atoms with Crippen LogP contribution in [0.1, 0.15) is 38.8 Å². The number of carbonyl (C=O) groups is 2. The molecule has 0 saturated heterocycles. The van der Waals surface area contributed by atoms with Crippen LogP contribution in [-0.2, 0) is 9.53 Å². The quantitative estimate of drug-likeness (QED) is 0.785. The molecule has 0 bridgehead atoms. The predicted octanol–water partition coefficient (Wildman–Crippen LogP) is 2.91. The van der Waals surface area contributed by atoms with Gasteiger partial charge in [0.2, 0.25) is 0 Å². The summed E-state index contributed by atoms with van der Waals surface area (Å²) in [5, 5.41) is 5.42. The molecule has 1 heterocycles. The van der Waals surface area contributed by atoms with E-state index >= 15 is 0 Å². The Morgan fingerprint density at radius 1 is 1.25 bits per heavy atom. The van der Waals surface area contributed by atoms with Gasteiger partial charge in [-0.25, -0.2) is 9.59 Å². The third-order valence-corrected chi connectivity index (χ3v) is 3.87. The van der Waals surface area contributed by atoms with E-state index in [0.29, 0.717) is 29.5 Å². The van der Waals surface area contributed by atoms with Crippen molar-refractivity contribution < 1.29 is 19.1 Å². The fourth-order valence-electron chi connectivity index (χ4n) is 2.48. The number of amides is 2. The SMILES string of the molecule is COc1ccc(C2NC(=O)NC(C)=C2C(=O)OCCC(C)C)cc1. The molecule has 1 aliphatic rings. The zero-order chi connectivity index (χ0) is 17.7. The third-order valence-electron chi connectivity index (χ3n) is 3.87. The minimum Gasteiger partial charge on any atom is -0.497 e. The smallest absolute Gasteiger partial charge is 0.338 e. The number of urea groups is 1. The lowest BCUT2D eigenvalue weighted by molar-refractivity contribution is -0.139. The molecule has 0 fully saturated rings. The summed E-state index contributed by atoms with van der Waals surface area (Å²) in [7, 11) is 1.59. The van der Waals surface area contributed by atoms with Crippen molar-refractivity contribution in [2.24, 2.45) is 5.92 Å². The van der Waals surface area contributed by atoms with Gasteiger partial charge in [0.25, 0.3) is 0 Å². The average Bonchev–Trinajstić information content (AvgIpc) is 2.53. The van der Waals surface area contributed by atoms with Crippen LogP contribution in [0.4, 0.5) is 4.79 Å². The molecular formula is C18H24N2O4. The predicted molar refractivity (Wildman–Crippen MR) is 90.5 cm³/mol. The molecule has 1 aromatic carbocycles. The number of esters is 1. The van der Waals surface area contributed by atoms with Gasteiger partial charge in [0.15, 0.2) is 0 Å². The first-order chi connectivity index (χ1) is 11.4. The van der Waals surface area contributed by atoms with Gasteiger partial charge in [0.1, 0.15) is 5.75 Å². The molecule has 0 aliphatic carbocycles. The molecule has 24 heavy (non-hydrogen) atoms. The van der Waals surface area contributed by atoms with Gasteiger partial charge < -0.3 is 20.1 Å². The van der Waals surface area contributed by atoms with E-state index in [1.807, 2.05) is 12.1 Å². The second-order valence-corrected chi connectivity index (χ2v) is 6.16. The zero-order valence-electron chi connectivity index (χ0n) is 14.5. The maximum Gasteiger partial charge on any atom is 0.338 e. The lowest BCUT2D eigenvalue weighted by atomic mass is 9.95. The van der Waals surface area contributed by atoms with E-state index < -0.39 is 12.0 Å². The van der Waals surface area contributed by atoms with Crippen LogP contribution in [-0.4, -0.2) is 25.7 Å². The fourth-order valence-corrected chi connectivity index (χ4v) is 2.48. The van der Waals surface area contributed by atoms with Crippen LogP contribution in [0.5, 0.6) is 5.75 Å². The fraction of sp³-hybridized carbons (Fsp3) is 0.444. The molecule has 0 saturated carbocycles. The molecule has 1 aliphatic heterocycles. The maximum absolute atomic E-state index is 12.5. The minimum atomic E-state index is -0.545. The molecule has 1 unspecified atom stereocenters. The molecule has 130 valence electrons. The highest BCUT2D eigenvalue weighted by molar-refractivity contribution is 5.95. The molecule has 6 nitrogen and oxygen atoms in total. The Morgan fingerprint density at radius 3 is 2.50 bits per heavy atom. The first kappa shape index (κ1) is 17.8. The van der Waals surface area contributed by atoms with Gasteiger partial charge >= 0.3 is 12.0 Å². The number of methoxy groups -OCH3 is 1. The molecule has 2 rings (SSSR count). The Labute approximate surface area is 142 Å². The van der Waals surface area contributed by atoms with Gasteiger partial charge in [-0.2, -0.15) is 0 Å². The second-order valence-electron chi connectivity index (χ2n) is 6.16. The Balaban J connectivity index is 2.24. The topological polar surface area (TPSA) is 76.7 Å². The maximum atomic E-state index is 12.5. The highest BCUT2D eigenvalue weighted by atomic mass is 16.5. The van der Waals surface area contributed by atoms with Gasteiger partial charge in [-0.05, 0) is 37.0 Å². The van der Waals surface area contributed by atoms with E-state index in [1.165, 1.54) is 0 Å². The number of hydrogen-bond acceptors (Lipinski definition) is 4. The van der Waals surface area contributed by atoms with E-state index in [4.69, 9.17) is 9.47 Å². The Kier molecular flexibility index (Phi) is 5.84. The van der Waals surface area contributed by atoms with Gasteiger partial charge in [-0.15, -0.1) is 0 Å². The number of allylic oxidation sites excluding steroid dienone is 1. The van der Waals surface area contributed by atoms with Crippen LogP contribution in [0.15, 0.2) is 35.5 Å². The molecule has 6 heteroatoms. The van der Waals surface area contributed by atoms with Crippen LogP contribution in [0.3, 0.4) is 0 Å². The Bertz CT molecular complexity index is 635. The second kappa shape index (κ2) is 7.86. The molecule has 0 aromatic heterocycles. The van der Waals surface area contributed by atoms with Crippen molar-refractivity contribution in [3.63, 3.8) is 0 Å². The highest BCUT2D eigenvalue weighted by Gasteiger charge is 2.32. The van der Waals surface area contributed by atoms with Crippen LogP contribution in [0.2, 0.25) is 0 Å². The summed E-state index contributed by atoms with van der Waals surface area (Å²) in [6, 6.07) is 6.34. The molecule has 0 spiro atoms. The number of carbonyl (C=O) groups excluding carboxylic acids is 2. The number of benzene rings is 1. The highest BCUT2D eigenvalue weighted by Crippen LogP contribution is 2.28. The summed E-state index contributed by atoms with van der Waals surface area (Å²) in [5.41, 5.74) is 1.72. The number of ether oxygens (including phenoxy) is 2. The lowest BCUT2D eigenvalue weighted by Gasteiger charge is -2.28. The minimum absolute atomic E-state index is 0.341. The van der Waals surface area contributed by atoms with E-state index in [1.54, 1.807) is 26.2 Å². The standard InChI is InChI=1S/C18H24N2O4/c1-11(2)9-10-24-17(21)15-12(3)19-18(22)20-16(15)13-5-7-14(23-4)8-6-13/h5-8,11,16H,9-10H2,1-4H3,(H2,19,20,22). The first-order valence-corrected chi connectivity index (χ1v) is 8.01. The van der Waals surface area contributed by atoms with Crippen molar-refractivity contribution in [2.75, 3.05) is 13.7 Å². The molecular weight excluding hydrogens is 308 g/mol. The summed E-state index contributed by atoms with van der Waals surface area (Å²) in [6.07, 6.45) is 0.797. The Morgan fingerprint density at radius 2 is 1.92 bits per heavy atom. The van der Waals surface area contributed by atoms with E-state index in [2.05, 4.69) is 24.5 Å². The van der Waals surface area contributed by atoms with Crippen molar-refractivity contribution in [1.29, 1.82) is 0 Å². The van der Waals surface area contributed by atoms with Gasteiger partial charge in [-0.3, -0.25) is 0 Å². The molecule has 1 atom stereocenters. The van der Waals surface area contributed by atoms with Crippen molar-refractivity contribution >= 4 is 12.0 Å². The molecule has 1 aromatic rings. The monoisotopic (exact) mass is 332 g/mol. The van der Waals surface area contributed by atoms with E-state index in [0.717, 1.165) is 12.0 Å². The Hall–Kier alpha value is -2.50. The van der Waals surface area contributed by atoms with Crippen molar-refractivity contribution in [2.45, 2.75) is 33.2 Å². The first-order valence-electron chi connectivity index (χ1n) is 8.01. The summed E-state index contributed by atoms with van der Waals surface area (Å²) in [4.78, 5) is 24.3. The number of rotatable bonds is 6. The summed E-state index contributed by atoms with van der Waals surface area (Å²) >= 11 is 0. The molecule has 2 N–H and O–H groups in total. The van der Waals surface area contributed by atoms with Gasteiger partial charge in [0, 0.05) is 5.70 Å². The summed E-state index contributed by atoms with van der Waals surface area (Å²) in [6.45, 7) is 6.20. The van der Waals surface area contributed by atoms with Crippen molar-refractivity contribution in [1.82, 2.24) is 10.6 Å². The van der Waals surface area contributed by atoms with E-state index in [9.17, 15) is 9.59 Å². The summed E-state index contributed by atoms with van der Waals surface area (Å²) in [5.74, 6) is 0.747. The lowest BCUT2D eigenvalue weighted by Crippen LogP contribution is -2.45. The average molecular weight is 332 g/mol. The van der Waals surface area contributed by atoms with Crippen molar-refractivity contribution in [3.8, 4) is 5.75 Å². The largest absolute Gasteiger partial charge is 0.497 e. The molecule has 0 radical (unpaired) electrons. The summed E-state index contributed by atoms with van der Waals surface area (Å²) < 4.78 is 10.5. The van der Waals surface area contributed by atoms with E-state index in [-0.39, 0.29) is 6.03 Å². The van der Waals surface area contributed by atoms with Gasteiger partial charge in [0.05, 0.1) is 25.3 Å². The van der Waals surface area contributed by atoms with Crippen molar-refractivity contribution in [3.05, 3.63) is 41.1 Å². The van der Waals surface area contributed by atoms with Crippen LogP contribution < -0.4 is 15.4 Å². The normalized spacial score (nSPS) is 17.4. The van der Waals surface area contributed by atoms with Gasteiger partial charge in [-0.1, -0.05) is 26.0 Å². The third kappa shape index (κ3) is 4.28. The zero-order valence-corrected chi connectivity index (χ0v) is 14.5.